The number of nitrogens with two attached hydrogens (primary N) is 1. The summed E-state index contributed by atoms with van der Waals surface area (Å²) in [5.74, 6) is -0.739. The topological polar surface area (TPSA) is 68.9 Å². The van der Waals surface area contributed by atoms with Gasteiger partial charge in [-0.25, -0.2) is 0 Å². The normalized spacial score (nSPS) is 11.9. The lowest BCUT2D eigenvalue weighted by Crippen LogP contribution is -2.23. The molecule has 3 aromatic rings. The summed E-state index contributed by atoms with van der Waals surface area (Å²) in [7, 11) is 0. The van der Waals surface area contributed by atoms with Crippen molar-refractivity contribution in [1.29, 1.82) is 0 Å². The summed E-state index contributed by atoms with van der Waals surface area (Å²) in [5.41, 5.74) is 9.22. The van der Waals surface area contributed by atoms with Crippen LogP contribution in [0.4, 0.5) is 0 Å². The molecule has 1 amide bonds. The van der Waals surface area contributed by atoms with Gasteiger partial charge in [0.15, 0.2) is 0 Å². The van der Waals surface area contributed by atoms with Crippen LogP contribution >= 0.6 is 11.6 Å². The molecule has 0 aliphatic carbocycles. The van der Waals surface area contributed by atoms with E-state index in [0.29, 0.717) is 11.4 Å². The number of pyridine rings is 2. The predicted octanol–water partition coefficient (Wildman–Crippen LogP) is 3.61. The molecule has 2 N–H and O–H groups in total. The average Bonchev–Trinajstić information content (AvgIpc) is 2.60. The second-order valence-corrected chi connectivity index (χ2v) is 5.98. The fraction of sp³-hybridized carbons (Fsp3) is 0.105. The second-order valence-electron chi connectivity index (χ2n) is 5.54. The van der Waals surface area contributed by atoms with Crippen LogP contribution in [0.2, 0.25) is 5.02 Å². The predicted molar refractivity (Wildman–Crippen MR) is 94.6 cm³/mol. The monoisotopic (exact) mass is 337 g/mol. The first-order valence-electron chi connectivity index (χ1n) is 7.52. The molecule has 1 atom stereocenters. The maximum atomic E-state index is 11.9. The minimum atomic E-state index is -0.388. The van der Waals surface area contributed by atoms with Crippen LogP contribution in [0.15, 0.2) is 67.3 Å². The van der Waals surface area contributed by atoms with Crippen molar-refractivity contribution in [2.24, 2.45) is 5.73 Å². The van der Waals surface area contributed by atoms with Gasteiger partial charge in [0.2, 0.25) is 5.91 Å². The van der Waals surface area contributed by atoms with Crippen LogP contribution < -0.4 is 5.73 Å². The molecule has 0 fully saturated rings. The minimum Gasteiger partial charge on any atom is -0.369 e. The Morgan fingerprint density at radius 2 is 1.67 bits per heavy atom. The number of nitrogens with zero attached hydrogens (tertiary/aromatic N) is 2. The molecule has 4 nitrogen and oxygen atoms in total. The highest BCUT2D eigenvalue weighted by molar-refractivity contribution is 6.30. The van der Waals surface area contributed by atoms with Crippen molar-refractivity contribution in [1.82, 2.24) is 9.97 Å². The van der Waals surface area contributed by atoms with Crippen LogP contribution in [0.3, 0.4) is 0 Å². The van der Waals surface area contributed by atoms with Gasteiger partial charge in [-0.1, -0.05) is 41.9 Å². The van der Waals surface area contributed by atoms with Crippen molar-refractivity contribution in [2.45, 2.75) is 12.3 Å². The summed E-state index contributed by atoms with van der Waals surface area (Å²) in [6, 6.07) is 13.4. The molecule has 1 aromatic carbocycles. The van der Waals surface area contributed by atoms with Crippen LogP contribution in [0.5, 0.6) is 0 Å². The summed E-state index contributed by atoms with van der Waals surface area (Å²) in [6.45, 7) is 0. The molecule has 24 heavy (non-hydrogen) atoms. The number of carbonyl (C=O) groups excluding carboxylic acids is 1. The first-order valence-corrected chi connectivity index (χ1v) is 7.90. The zero-order valence-electron chi connectivity index (χ0n) is 12.9. The smallest absolute Gasteiger partial charge is 0.225 e. The number of benzene rings is 1. The van der Waals surface area contributed by atoms with Crippen LogP contribution in [-0.4, -0.2) is 15.9 Å². The van der Waals surface area contributed by atoms with E-state index >= 15 is 0 Å². The van der Waals surface area contributed by atoms with Gasteiger partial charge in [0, 0.05) is 35.9 Å². The van der Waals surface area contributed by atoms with E-state index in [1.807, 2.05) is 42.5 Å². The van der Waals surface area contributed by atoms with Gasteiger partial charge < -0.3 is 5.73 Å². The highest BCUT2D eigenvalue weighted by Crippen LogP contribution is 2.25. The zero-order valence-corrected chi connectivity index (χ0v) is 13.6. The molecule has 5 heteroatoms. The van der Waals surface area contributed by atoms with Gasteiger partial charge in [-0.05, 0) is 29.7 Å². The van der Waals surface area contributed by atoms with E-state index in [4.69, 9.17) is 17.3 Å². The molecule has 2 aromatic heterocycles. The maximum absolute atomic E-state index is 11.9. The van der Waals surface area contributed by atoms with Crippen molar-refractivity contribution in [3.63, 3.8) is 0 Å². The Hall–Kier alpha value is -2.72. The Morgan fingerprint density at radius 1 is 1.00 bits per heavy atom. The first-order chi connectivity index (χ1) is 11.6. The summed E-state index contributed by atoms with van der Waals surface area (Å²) in [4.78, 5) is 20.2. The molecule has 120 valence electrons. The van der Waals surface area contributed by atoms with E-state index in [2.05, 4.69) is 9.97 Å². The van der Waals surface area contributed by atoms with Crippen LogP contribution in [0.1, 0.15) is 17.0 Å². The Labute approximate surface area is 145 Å². The molecule has 0 saturated heterocycles. The lowest BCUT2D eigenvalue weighted by Gasteiger charge is -2.14. The zero-order chi connectivity index (χ0) is 16.9. The van der Waals surface area contributed by atoms with Gasteiger partial charge in [-0.15, -0.1) is 0 Å². The SMILES string of the molecule is NC(=O)C(Cc1cncc(-c2cncc(Cl)c2)c1)c1ccccc1. The number of primary amides is 1. The lowest BCUT2D eigenvalue weighted by atomic mass is 9.91. The van der Waals surface area contributed by atoms with Crippen molar-refractivity contribution in [2.75, 3.05) is 0 Å². The molecule has 0 spiro atoms. The Bertz CT molecular complexity index is 852. The van der Waals surface area contributed by atoms with E-state index in [1.165, 1.54) is 0 Å². The summed E-state index contributed by atoms with van der Waals surface area (Å²) in [5, 5.41) is 0.567. The Balaban J connectivity index is 1.90. The minimum absolute atomic E-state index is 0.351. The molecule has 0 aliphatic rings. The molecule has 0 saturated carbocycles. The highest BCUT2D eigenvalue weighted by atomic mass is 35.5. The van der Waals surface area contributed by atoms with Gasteiger partial charge in [0.1, 0.15) is 0 Å². The lowest BCUT2D eigenvalue weighted by molar-refractivity contribution is -0.119. The fourth-order valence-electron chi connectivity index (χ4n) is 2.63. The molecular formula is C19H16ClN3O. The quantitative estimate of drug-likeness (QED) is 0.773. The van der Waals surface area contributed by atoms with Gasteiger partial charge in [-0.3, -0.25) is 14.8 Å². The molecular weight excluding hydrogens is 322 g/mol. The van der Waals surface area contributed by atoms with Crippen molar-refractivity contribution < 1.29 is 4.79 Å². The molecule has 3 rings (SSSR count). The third-order valence-corrected chi connectivity index (χ3v) is 4.02. The van der Waals surface area contributed by atoms with Crippen molar-refractivity contribution >= 4 is 17.5 Å². The van der Waals surface area contributed by atoms with Crippen LogP contribution in [0.25, 0.3) is 11.1 Å². The summed E-state index contributed by atoms with van der Waals surface area (Å²) >= 11 is 6.00. The number of hydrogen-bond donors (Lipinski definition) is 1. The number of aromatic nitrogens is 2. The Morgan fingerprint density at radius 3 is 2.33 bits per heavy atom. The number of carbonyl (C=O) groups is 1. The van der Waals surface area contributed by atoms with Gasteiger partial charge >= 0.3 is 0 Å². The van der Waals surface area contributed by atoms with E-state index in [0.717, 1.165) is 22.3 Å². The molecule has 1 unspecified atom stereocenters. The summed E-state index contributed by atoms with van der Waals surface area (Å²) in [6.07, 6.45) is 7.31. The van der Waals surface area contributed by atoms with E-state index < -0.39 is 0 Å². The summed E-state index contributed by atoms with van der Waals surface area (Å²) < 4.78 is 0. The van der Waals surface area contributed by atoms with Gasteiger partial charge in [-0.2, -0.15) is 0 Å². The Kier molecular flexibility index (Phi) is 4.87. The van der Waals surface area contributed by atoms with E-state index in [1.54, 1.807) is 24.8 Å². The van der Waals surface area contributed by atoms with E-state index in [9.17, 15) is 4.79 Å². The molecule has 0 aliphatic heterocycles. The van der Waals surface area contributed by atoms with Crippen molar-refractivity contribution in [3.8, 4) is 11.1 Å². The average molecular weight is 338 g/mol. The molecule has 2 heterocycles. The number of rotatable bonds is 5. The third-order valence-electron chi connectivity index (χ3n) is 3.82. The number of halogens is 1. The number of hydrogen-bond acceptors (Lipinski definition) is 3. The largest absolute Gasteiger partial charge is 0.369 e. The second kappa shape index (κ2) is 7.23. The maximum Gasteiger partial charge on any atom is 0.225 e. The first kappa shape index (κ1) is 16.1. The van der Waals surface area contributed by atoms with Crippen LogP contribution in [-0.2, 0) is 11.2 Å². The highest BCUT2D eigenvalue weighted by Gasteiger charge is 2.18. The molecule has 0 radical (unpaired) electrons. The fourth-order valence-corrected chi connectivity index (χ4v) is 2.80. The third kappa shape index (κ3) is 3.78. The van der Waals surface area contributed by atoms with Gasteiger partial charge in [0.05, 0.1) is 10.9 Å². The standard InChI is InChI=1S/C19H16ClN3O/c20-17-8-16(11-23-12-17)15-6-13(9-22-10-15)7-18(19(21)24)14-4-2-1-3-5-14/h1-6,8-12,18H,7H2,(H2,21,24). The molecule has 0 bridgehead atoms. The van der Waals surface area contributed by atoms with E-state index in [-0.39, 0.29) is 11.8 Å². The number of amides is 1. The van der Waals surface area contributed by atoms with Crippen LogP contribution in [0, 0.1) is 0 Å². The van der Waals surface area contributed by atoms with Crippen molar-refractivity contribution in [3.05, 3.63) is 83.4 Å². The van der Waals surface area contributed by atoms with Gasteiger partial charge in [0.25, 0.3) is 0 Å².